The van der Waals surface area contributed by atoms with Crippen molar-refractivity contribution in [1.82, 2.24) is 4.90 Å². The highest BCUT2D eigenvalue weighted by atomic mass is 79.9. The Morgan fingerprint density at radius 2 is 2.06 bits per heavy atom. The molecule has 0 atom stereocenters. The highest BCUT2D eigenvalue weighted by molar-refractivity contribution is 9.10. The highest BCUT2D eigenvalue weighted by Gasteiger charge is 2.23. The molecule has 0 saturated heterocycles. The number of benzene rings is 1. The lowest BCUT2D eigenvalue weighted by molar-refractivity contribution is -0.138. The quantitative estimate of drug-likeness (QED) is 0.921. The second kappa shape index (κ2) is 6.20. The number of aliphatic carboxylic acids is 1. The summed E-state index contributed by atoms with van der Waals surface area (Å²) in [6.07, 6.45) is 0. The van der Waals surface area contributed by atoms with Gasteiger partial charge < -0.3 is 10.0 Å². The third kappa shape index (κ3) is 3.71. The van der Waals surface area contributed by atoms with Gasteiger partial charge in [0.15, 0.2) is 0 Å². The molecule has 0 aromatic heterocycles. The van der Waals surface area contributed by atoms with E-state index in [0.29, 0.717) is 10.6 Å². The molecule has 0 heterocycles. The first-order valence-electron chi connectivity index (χ1n) is 5.30. The molecule has 0 aliphatic carbocycles. The van der Waals surface area contributed by atoms with E-state index in [1.807, 2.05) is 0 Å². The van der Waals surface area contributed by atoms with Crippen molar-refractivity contribution in [2.75, 3.05) is 6.54 Å². The van der Waals surface area contributed by atoms with Gasteiger partial charge >= 0.3 is 5.97 Å². The first-order chi connectivity index (χ1) is 8.32. The topological polar surface area (TPSA) is 57.6 Å². The number of rotatable bonds is 4. The van der Waals surface area contributed by atoms with Gasteiger partial charge in [0.05, 0.1) is 10.6 Å². The predicted octanol–water partition coefficient (Wildman–Crippen LogP) is 3.04. The third-order valence-corrected chi connectivity index (χ3v) is 3.16. The van der Waals surface area contributed by atoms with E-state index in [0.717, 1.165) is 4.47 Å². The summed E-state index contributed by atoms with van der Waals surface area (Å²) in [6.45, 7) is 3.17. The second-order valence-corrected chi connectivity index (χ2v) is 5.37. The lowest BCUT2D eigenvalue weighted by atomic mass is 10.1. The minimum atomic E-state index is -1.05. The maximum atomic E-state index is 12.2. The Kier molecular flexibility index (Phi) is 5.16. The van der Waals surface area contributed by atoms with Crippen LogP contribution < -0.4 is 0 Å². The molecule has 1 amide bonds. The van der Waals surface area contributed by atoms with Crippen LogP contribution in [0, 0.1) is 0 Å². The second-order valence-electron chi connectivity index (χ2n) is 4.04. The molecule has 0 bridgehead atoms. The lowest BCUT2D eigenvalue weighted by Gasteiger charge is -2.25. The molecule has 0 spiro atoms. The molecule has 1 aromatic carbocycles. The maximum absolute atomic E-state index is 12.2. The maximum Gasteiger partial charge on any atom is 0.323 e. The number of carbonyl (C=O) groups excluding carboxylic acids is 1. The molecule has 18 heavy (non-hydrogen) atoms. The average Bonchev–Trinajstić information content (AvgIpc) is 2.24. The van der Waals surface area contributed by atoms with E-state index >= 15 is 0 Å². The van der Waals surface area contributed by atoms with Crippen LogP contribution in [-0.2, 0) is 4.79 Å². The summed E-state index contributed by atoms with van der Waals surface area (Å²) >= 11 is 9.23. The molecule has 0 aliphatic heterocycles. The third-order valence-electron chi connectivity index (χ3n) is 2.35. The van der Waals surface area contributed by atoms with Crippen LogP contribution in [-0.4, -0.2) is 34.5 Å². The number of hydrogen-bond donors (Lipinski definition) is 1. The van der Waals surface area contributed by atoms with Crippen LogP contribution in [0.1, 0.15) is 24.2 Å². The summed E-state index contributed by atoms with van der Waals surface area (Å²) in [6, 6.07) is 4.66. The monoisotopic (exact) mass is 333 g/mol. The smallest absolute Gasteiger partial charge is 0.323 e. The SMILES string of the molecule is CC(C)N(CC(=O)O)C(=O)c1ccc(Br)cc1Cl. The molecule has 1 aromatic rings. The molecular formula is C12H13BrClNO3. The summed E-state index contributed by atoms with van der Waals surface area (Å²) < 4.78 is 0.762. The summed E-state index contributed by atoms with van der Waals surface area (Å²) in [4.78, 5) is 24.2. The molecule has 0 aliphatic rings. The number of nitrogens with zero attached hydrogens (tertiary/aromatic N) is 1. The molecule has 1 rings (SSSR count). The van der Waals surface area contributed by atoms with Gasteiger partial charge in [-0.2, -0.15) is 0 Å². The van der Waals surface area contributed by atoms with Gasteiger partial charge in [-0.3, -0.25) is 9.59 Å². The Balaban J connectivity index is 3.05. The predicted molar refractivity (Wildman–Crippen MR) is 73.0 cm³/mol. The number of halogens is 2. The Morgan fingerprint density at radius 3 is 2.50 bits per heavy atom. The van der Waals surface area contributed by atoms with Gasteiger partial charge in [-0.1, -0.05) is 27.5 Å². The van der Waals surface area contributed by atoms with Crippen molar-refractivity contribution in [2.45, 2.75) is 19.9 Å². The van der Waals surface area contributed by atoms with Gasteiger partial charge in [-0.25, -0.2) is 0 Å². The Hall–Kier alpha value is -1.07. The fourth-order valence-corrected chi connectivity index (χ4v) is 2.21. The van der Waals surface area contributed by atoms with E-state index in [2.05, 4.69) is 15.9 Å². The van der Waals surface area contributed by atoms with Gasteiger partial charge in [0.2, 0.25) is 0 Å². The number of carboxylic acid groups (broad SMARTS) is 1. The van der Waals surface area contributed by atoms with E-state index in [9.17, 15) is 9.59 Å². The molecule has 98 valence electrons. The fourth-order valence-electron chi connectivity index (χ4n) is 1.45. The molecule has 6 heteroatoms. The van der Waals surface area contributed by atoms with Crippen molar-refractivity contribution >= 4 is 39.4 Å². The van der Waals surface area contributed by atoms with Gasteiger partial charge in [-0.05, 0) is 32.0 Å². The zero-order valence-electron chi connectivity index (χ0n) is 9.98. The van der Waals surface area contributed by atoms with Crippen molar-refractivity contribution in [3.63, 3.8) is 0 Å². The van der Waals surface area contributed by atoms with Crippen molar-refractivity contribution in [1.29, 1.82) is 0 Å². The number of amides is 1. The van der Waals surface area contributed by atoms with Crippen LogP contribution in [0.4, 0.5) is 0 Å². The van der Waals surface area contributed by atoms with Crippen LogP contribution in [0.3, 0.4) is 0 Å². The molecule has 0 radical (unpaired) electrons. The van der Waals surface area contributed by atoms with E-state index in [1.54, 1.807) is 32.0 Å². The standard InChI is InChI=1S/C12H13BrClNO3/c1-7(2)15(6-11(16)17)12(18)9-4-3-8(13)5-10(9)14/h3-5,7H,6H2,1-2H3,(H,16,17). The van der Waals surface area contributed by atoms with Gasteiger partial charge in [0.25, 0.3) is 5.91 Å². The normalized spacial score (nSPS) is 10.5. The average molecular weight is 335 g/mol. The van der Waals surface area contributed by atoms with Gasteiger partial charge in [-0.15, -0.1) is 0 Å². The number of hydrogen-bond acceptors (Lipinski definition) is 2. The summed E-state index contributed by atoms with van der Waals surface area (Å²) in [5, 5.41) is 9.10. The Labute approximate surface area is 119 Å². The fraction of sp³-hybridized carbons (Fsp3) is 0.333. The van der Waals surface area contributed by atoms with Gasteiger partial charge in [0, 0.05) is 10.5 Å². The highest BCUT2D eigenvalue weighted by Crippen LogP contribution is 2.23. The van der Waals surface area contributed by atoms with E-state index < -0.39 is 5.97 Å². The number of carbonyl (C=O) groups is 2. The summed E-state index contributed by atoms with van der Waals surface area (Å²) in [7, 11) is 0. The summed E-state index contributed by atoms with van der Waals surface area (Å²) in [5.41, 5.74) is 0.301. The largest absolute Gasteiger partial charge is 0.480 e. The van der Waals surface area contributed by atoms with E-state index in [1.165, 1.54) is 4.90 Å². The zero-order valence-corrected chi connectivity index (χ0v) is 12.3. The van der Waals surface area contributed by atoms with Crippen molar-refractivity contribution in [3.8, 4) is 0 Å². The minimum Gasteiger partial charge on any atom is -0.480 e. The zero-order chi connectivity index (χ0) is 13.9. The Bertz CT molecular complexity index is 476. The molecule has 0 saturated carbocycles. The lowest BCUT2D eigenvalue weighted by Crippen LogP contribution is -2.40. The molecule has 4 nitrogen and oxygen atoms in total. The van der Waals surface area contributed by atoms with E-state index in [-0.39, 0.29) is 18.5 Å². The van der Waals surface area contributed by atoms with Crippen molar-refractivity contribution in [2.24, 2.45) is 0 Å². The van der Waals surface area contributed by atoms with E-state index in [4.69, 9.17) is 16.7 Å². The van der Waals surface area contributed by atoms with Crippen LogP contribution in [0.2, 0.25) is 5.02 Å². The molecule has 0 unspecified atom stereocenters. The summed E-state index contributed by atoms with van der Waals surface area (Å²) in [5.74, 6) is -1.44. The Morgan fingerprint density at radius 1 is 1.44 bits per heavy atom. The minimum absolute atomic E-state index is 0.215. The van der Waals surface area contributed by atoms with Crippen LogP contribution in [0.25, 0.3) is 0 Å². The van der Waals surface area contributed by atoms with Gasteiger partial charge in [0.1, 0.15) is 6.54 Å². The first kappa shape index (κ1) is 15.0. The van der Waals surface area contributed by atoms with Crippen molar-refractivity contribution in [3.05, 3.63) is 33.3 Å². The number of carboxylic acids is 1. The molecular weight excluding hydrogens is 321 g/mol. The van der Waals surface area contributed by atoms with Crippen LogP contribution in [0.5, 0.6) is 0 Å². The van der Waals surface area contributed by atoms with Crippen LogP contribution in [0.15, 0.2) is 22.7 Å². The first-order valence-corrected chi connectivity index (χ1v) is 6.48. The molecule has 0 fully saturated rings. The van der Waals surface area contributed by atoms with Crippen LogP contribution >= 0.6 is 27.5 Å². The van der Waals surface area contributed by atoms with Crippen molar-refractivity contribution < 1.29 is 14.7 Å². The molecule has 1 N–H and O–H groups in total.